The van der Waals surface area contributed by atoms with Crippen LogP contribution in [0, 0.1) is 0 Å². The maximum Gasteiger partial charge on any atom is 0.307 e. The summed E-state index contributed by atoms with van der Waals surface area (Å²) in [6, 6.07) is 0. The van der Waals surface area contributed by atoms with Gasteiger partial charge in [0.25, 0.3) is 0 Å². The molecule has 0 bridgehead atoms. The number of hydrogen-bond donors (Lipinski definition) is 2. The van der Waals surface area contributed by atoms with E-state index in [-0.39, 0.29) is 6.42 Å². The van der Waals surface area contributed by atoms with E-state index >= 15 is 0 Å². The lowest BCUT2D eigenvalue weighted by molar-refractivity contribution is -0.136. The van der Waals surface area contributed by atoms with Crippen molar-refractivity contribution in [3.8, 4) is 0 Å². The van der Waals surface area contributed by atoms with Gasteiger partial charge in [0.1, 0.15) is 0 Å². The lowest BCUT2D eigenvalue weighted by atomic mass is 10.2. The van der Waals surface area contributed by atoms with E-state index in [0.717, 1.165) is 0 Å². The summed E-state index contributed by atoms with van der Waals surface area (Å²) in [7, 11) is 0. The molecular weight excluding hydrogens is 130 g/mol. The van der Waals surface area contributed by atoms with Crippen LogP contribution in [0.25, 0.3) is 0 Å². The Hall–Kier alpha value is -1.25. The van der Waals surface area contributed by atoms with Gasteiger partial charge in [0, 0.05) is 12.1 Å². The second-order valence-corrected chi connectivity index (χ2v) is 1.87. The van der Waals surface area contributed by atoms with Crippen LogP contribution >= 0.6 is 0 Å². The molecule has 0 aromatic heterocycles. The summed E-state index contributed by atoms with van der Waals surface area (Å²) in [5.74, 6) is -0.869. The van der Waals surface area contributed by atoms with E-state index in [9.17, 15) is 4.79 Å². The maximum atomic E-state index is 9.98. The predicted molar refractivity (Wildman–Crippen MR) is 39.3 cm³/mol. The van der Waals surface area contributed by atoms with Gasteiger partial charge < -0.3 is 10.8 Å². The molecule has 0 fully saturated rings. The average molecular weight is 141 g/mol. The highest BCUT2D eigenvalue weighted by Gasteiger charge is 1.91. The van der Waals surface area contributed by atoms with Crippen LogP contribution in [-0.4, -0.2) is 11.1 Å². The number of aliphatic carboxylic acids is 1. The Morgan fingerprint density at radius 2 is 2.20 bits per heavy atom. The van der Waals surface area contributed by atoms with Gasteiger partial charge in [-0.15, -0.1) is 6.58 Å². The van der Waals surface area contributed by atoms with Crippen molar-refractivity contribution in [3.05, 3.63) is 24.4 Å². The van der Waals surface area contributed by atoms with E-state index in [2.05, 4.69) is 6.58 Å². The van der Waals surface area contributed by atoms with Gasteiger partial charge in [-0.3, -0.25) is 4.79 Å². The zero-order chi connectivity index (χ0) is 7.98. The van der Waals surface area contributed by atoms with Crippen molar-refractivity contribution < 1.29 is 9.90 Å². The minimum atomic E-state index is -0.869. The minimum absolute atomic E-state index is 0.0142. The van der Waals surface area contributed by atoms with Crippen LogP contribution in [0.15, 0.2) is 24.4 Å². The highest BCUT2D eigenvalue weighted by molar-refractivity contribution is 5.68. The molecule has 0 radical (unpaired) electrons. The van der Waals surface area contributed by atoms with Gasteiger partial charge in [0.2, 0.25) is 0 Å². The van der Waals surface area contributed by atoms with Gasteiger partial charge in [0.05, 0.1) is 6.42 Å². The number of carboxylic acid groups (broad SMARTS) is 1. The molecule has 56 valence electrons. The maximum absolute atomic E-state index is 9.98. The first-order chi connectivity index (χ1) is 4.66. The van der Waals surface area contributed by atoms with Gasteiger partial charge in [-0.2, -0.15) is 0 Å². The number of hydrogen-bond acceptors (Lipinski definition) is 2. The molecule has 3 nitrogen and oxygen atoms in total. The van der Waals surface area contributed by atoms with Crippen LogP contribution in [0.5, 0.6) is 0 Å². The summed E-state index contributed by atoms with van der Waals surface area (Å²) in [5, 5.41) is 8.20. The van der Waals surface area contributed by atoms with Crippen LogP contribution in [0.1, 0.15) is 12.8 Å². The monoisotopic (exact) mass is 141 g/mol. The van der Waals surface area contributed by atoms with Crippen LogP contribution in [0.4, 0.5) is 0 Å². The van der Waals surface area contributed by atoms with E-state index in [4.69, 9.17) is 10.8 Å². The third kappa shape index (κ3) is 4.90. The smallest absolute Gasteiger partial charge is 0.307 e. The Morgan fingerprint density at radius 1 is 1.60 bits per heavy atom. The Balaban J connectivity index is 3.67. The molecule has 0 aliphatic rings. The van der Waals surface area contributed by atoms with E-state index in [1.54, 1.807) is 6.08 Å². The fourth-order valence-corrected chi connectivity index (χ4v) is 0.468. The molecule has 10 heavy (non-hydrogen) atoms. The zero-order valence-corrected chi connectivity index (χ0v) is 5.71. The highest BCUT2D eigenvalue weighted by Crippen LogP contribution is 1.94. The largest absolute Gasteiger partial charge is 0.481 e. The van der Waals surface area contributed by atoms with E-state index in [1.807, 2.05) is 0 Å². The predicted octanol–water partition coefficient (Wildman–Crippen LogP) is 0.880. The van der Waals surface area contributed by atoms with Crippen LogP contribution < -0.4 is 5.73 Å². The molecular formula is C7H11NO2. The Labute approximate surface area is 59.8 Å². The third-order valence-corrected chi connectivity index (χ3v) is 0.919. The van der Waals surface area contributed by atoms with Crippen molar-refractivity contribution in [2.24, 2.45) is 5.73 Å². The van der Waals surface area contributed by atoms with Crippen LogP contribution in [0.3, 0.4) is 0 Å². The van der Waals surface area contributed by atoms with Crippen molar-refractivity contribution in [1.82, 2.24) is 0 Å². The third-order valence-electron chi connectivity index (χ3n) is 0.919. The molecule has 0 aliphatic heterocycles. The first-order valence-corrected chi connectivity index (χ1v) is 2.94. The first-order valence-electron chi connectivity index (χ1n) is 2.94. The molecule has 0 aromatic rings. The number of carbonyl (C=O) groups is 1. The molecule has 0 saturated carbocycles. The van der Waals surface area contributed by atoms with Gasteiger partial charge in [-0.05, 0) is 0 Å². The molecule has 0 unspecified atom stereocenters. The summed E-state index contributed by atoms with van der Waals surface area (Å²) < 4.78 is 0. The van der Waals surface area contributed by atoms with Crippen LogP contribution in [0.2, 0.25) is 0 Å². The van der Waals surface area contributed by atoms with E-state index < -0.39 is 5.97 Å². The summed E-state index contributed by atoms with van der Waals surface area (Å²) in [6.07, 6.45) is 3.64. The lowest BCUT2D eigenvalue weighted by Crippen LogP contribution is -1.98. The van der Waals surface area contributed by atoms with Crippen molar-refractivity contribution in [2.45, 2.75) is 12.8 Å². The van der Waals surface area contributed by atoms with Gasteiger partial charge >= 0.3 is 5.97 Å². The molecule has 0 spiro atoms. The SMILES string of the molecule is C=CCC(N)=CCC(=O)O. The molecule has 3 heteroatoms. The number of carboxylic acids is 1. The summed E-state index contributed by atoms with van der Waals surface area (Å²) in [4.78, 5) is 9.98. The van der Waals surface area contributed by atoms with E-state index in [1.165, 1.54) is 6.08 Å². The molecule has 0 rings (SSSR count). The quantitative estimate of drug-likeness (QED) is 0.571. The van der Waals surface area contributed by atoms with Crippen molar-refractivity contribution >= 4 is 5.97 Å². The number of allylic oxidation sites excluding steroid dienone is 1. The standard InChI is InChI=1S/C7H11NO2/c1-2-3-6(8)4-5-7(9)10/h2,4H,1,3,5,8H2,(H,9,10). The van der Waals surface area contributed by atoms with Crippen molar-refractivity contribution in [3.63, 3.8) is 0 Å². The Kier molecular flexibility index (Phi) is 4.04. The normalized spacial score (nSPS) is 11.0. The molecule has 0 saturated heterocycles. The molecule has 3 N–H and O–H groups in total. The fraction of sp³-hybridized carbons (Fsp3) is 0.286. The van der Waals surface area contributed by atoms with Gasteiger partial charge in [-0.25, -0.2) is 0 Å². The lowest BCUT2D eigenvalue weighted by Gasteiger charge is -1.92. The van der Waals surface area contributed by atoms with Crippen molar-refractivity contribution in [1.29, 1.82) is 0 Å². The molecule has 0 aliphatic carbocycles. The minimum Gasteiger partial charge on any atom is -0.481 e. The molecule has 0 amide bonds. The fourth-order valence-electron chi connectivity index (χ4n) is 0.468. The average Bonchev–Trinajstić information content (AvgIpc) is 1.85. The van der Waals surface area contributed by atoms with Crippen molar-refractivity contribution in [2.75, 3.05) is 0 Å². The number of nitrogens with two attached hydrogens (primary N) is 1. The van der Waals surface area contributed by atoms with E-state index in [0.29, 0.717) is 12.1 Å². The van der Waals surface area contributed by atoms with Crippen LogP contribution in [-0.2, 0) is 4.79 Å². The van der Waals surface area contributed by atoms with Gasteiger partial charge in [-0.1, -0.05) is 12.2 Å². The summed E-state index contributed by atoms with van der Waals surface area (Å²) >= 11 is 0. The first kappa shape index (κ1) is 8.75. The summed E-state index contributed by atoms with van der Waals surface area (Å²) in [5.41, 5.74) is 5.91. The molecule has 0 aromatic carbocycles. The highest BCUT2D eigenvalue weighted by atomic mass is 16.4. The number of rotatable bonds is 4. The summed E-state index contributed by atoms with van der Waals surface area (Å²) in [6.45, 7) is 3.46. The van der Waals surface area contributed by atoms with Gasteiger partial charge in [0.15, 0.2) is 0 Å². The topological polar surface area (TPSA) is 63.3 Å². The molecule has 0 heterocycles. The second-order valence-electron chi connectivity index (χ2n) is 1.87. The second kappa shape index (κ2) is 4.61. The zero-order valence-electron chi connectivity index (χ0n) is 5.71. The molecule has 0 atom stereocenters. The Morgan fingerprint density at radius 3 is 2.60 bits per heavy atom. The Bertz CT molecular complexity index is 161.